The van der Waals surface area contributed by atoms with E-state index >= 15 is 0 Å². The van der Waals surface area contributed by atoms with E-state index in [0.29, 0.717) is 17.3 Å². The maximum absolute atomic E-state index is 10.8. The quantitative estimate of drug-likeness (QED) is 0.682. The summed E-state index contributed by atoms with van der Waals surface area (Å²) in [6.07, 6.45) is 3.26. The lowest BCUT2D eigenvalue weighted by atomic mass is 10.1. The highest BCUT2D eigenvalue weighted by molar-refractivity contribution is 5.58. The first-order chi connectivity index (χ1) is 9.74. The maximum atomic E-state index is 10.8. The number of hydrogen-bond donors (Lipinski definition) is 1. The summed E-state index contributed by atoms with van der Waals surface area (Å²) in [7, 11) is 0. The van der Waals surface area contributed by atoms with Crippen molar-refractivity contribution in [3.05, 3.63) is 40.3 Å². The molecular weight excluding hydrogens is 260 g/mol. The molecule has 2 aromatic rings. The maximum Gasteiger partial charge on any atom is 0.270 e. The first kappa shape index (κ1) is 12.7. The van der Waals surface area contributed by atoms with Crippen molar-refractivity contribution in [1.29, 1.82) is 0 Å². The molecule has 104 valence electrons. The summed E-state index contributed by atoms with van der Waals surface area (Å²) in [4.78, 5) is 14.7. The molecular formula is C13H14N4O3. The van der Waals surface area contributed by atoms with Crippen molar-refractivity contribution in [2.75, 3.05) is 6.54 Å². The minimum atomic E-state index is -0.437. The summed E-state index contributed by atoms with van der Waals surface area (Å²) in [6.45, 7) is 0.944. The molecule has 1 aromatic heterocycles. The van der Waals surface area contributed by atoms with Crippen LogP contribution in [-0.2, 0) is 0 Å². The van der Waals surface area contributed by atoms with Crippen LogP contribution < -0.4 is 5.32 Å². The van der Waals surface area contributed by atoms with E-state index in [0.717, 1.165) is 25.8 Å². The van der Waals surface area contributed by atoms with Crippen molar-refractivity contribution in [2.45, 2.75) is 25.3 Å². The number of rotatable bonds is 3. The van der Waals surface area contributed by atoms with E-state index in [1.165, 1.54) is 12.1 Å². The number of nitro groups is 1. The molecule has 7 heteroatoms. The molecule has 1 saturated heterocycles. The molecule has 0 spiro atoms. The Morgan fingerprint density at radius 2 is 2.30 bits per heavy atom. The van der Waals surface area contributed by atoms with Gasteiger partial charge in [0.05, 0.1) is 11.0 Å². The van der Waals surface area contributed by atoms with Gasteiger partial charge in [0, 0.05) is 17.7 Å². The second-order valence-corrected chi connectivity index (χ2v) is 4.77. The zero-order chi connectivity index (χ0) is 13.9. The van der Waals surface area contributed by atoms with Gasteiger partial charge in [0.1, 0.15) is 0 Å². The van der Waals surface area contributed by atoms with Crippen LogP contribution in [-0.4, -0.2) is 21.6 Å². The number of aromatic nitrogens is 2. The largest absolute Gasteiger partial charge is 0.337 e. The molecule has 1 fully saturated rings. The number of benzene rings is 1. The Balaban J connectivity index is 1.85. The highest BCUT2D eigenvalue weighted by Crippen LogP contribution is 2.25. The lowest BCUT2D eigenvalue weighted by Crippen LogP contribution is -2.26. The Bertz CT molecular complexity index is 620. The van der Waals surface area contributed by atoms with Crippen LogP contribution in [0.1, 0.15) is 31.2 Å². The molecule has 2 heterocycles. The molecule has 0 radical (unpaired) electrons. The van der Waals surface area contributed by atoms with Crippen molar-refractivity contribution in [3.63, 3.8) is 0 Å². The molecule has 0 saturated carbocycles. The smallest absolute Gasteiger partial charge is 0.270 e. The minimum Gasteiger partial charge on any atom is -0.337 e. The Morgan fingerprint density at radius 1 is 1.40 bits per heavy atom. The van der Waals surface area contributed by atoms with E-state index in [-0.39, 0.29) is 11.7 Å². The van der Waals surface area contributed by atoms with Crippen molar-refractivity contribution in [2.24, 2.45) is 0 Å². The molecule has 1 aliphatic heterocycles. The molecule has 1 N–H and O–H groups in total. The van der Waals surface area contributed by atoms with Crippen LogP contribution in [0.5, 0.6) is 0 Å². The molecule has 3 rings (SSSR count). The van der Waals surface area contributed by atoms with Gasteiger partial charge in [0.2, 0.25) is 11.7 Å². The number of hydrogen-bond acceptors (Lipinski definition) is 6. The number of non-ortho nitro benzene ring substituents is 1. The lowest BCUT2D eigenvalue weighted by Gasteiger charge is -2.19. The van der Waals surface area contributed by atoms with Gasteiger partial charge in [-0.25, -0.2) is 0 Å². The van der Waals surface area contributed by atoms with Crippen LogP contribution in [0.2, 0.25) is 0 Å². The van der Waals surface area contributed by atoms with Crippen molar-refractivity contribution < 1.29 is 9.45 Å². The summed E-state index contributed by atoms with van der Waals surface area (Å²) < 4.78 is 5.27. The van der Waals surface area contributed by atoms with Crippen LogP contribution in [0.15, 0.2) is 28.8 Å². The average molecular weight is 274 g/mol. The normalized spacial score (nSPS) is 18.9. The van der Waals surface area contributed by atoms with Crippen LogP contribution in [0.3, 0.4) is 0 Å². The fourth-order valence-corrected chi connectivity index (χ4v) is 2.32. The molecule has 0 aliphatic carbocycles. The summed E-state index contributed by atoms with van der Waals surface area (Å²) >= 11 is 0. The predicted molar refractivity (Wildman–Crippen MR) is 71.0 cm³/mol. The van der Waals surface area contributed by atoms with Crippen LogP contribution in [0, 0.1) is 10.1 Å². The summed E-state index contributed by atoms with van der Waals surface area (Å²) in [5.74, 6) is 0.933. The third kappa shape index (κ3) is 2.53. The third-order valence-electron chi connectivity index (χ3n) is 3.37. The fraction of sp³-hybridized carbons (Fsp3) is 0.385. The molecule has 1 aliphatic rings. The van der Waals surface area contributed by atoms with Gasteiger partial charge in [-0.3, -0.25) is 10.1 Å². The fourth-order valence-electron chi connectivity index (χ4n) is 2.32. The van der Waals surface area contributed by atoms with E-state index in [4.69, 9.17) is 4.52 Å². The van der Waals surface area contributed by atoms with E-state index in [1.807, 2.05) is 0 Å². The van der Waals surface area contributed by atoms with Crippen molar-refractivity contribution in [3.8, 4) is 11.4 Å². The van der Waals surface area contributed by atoms with Crippen molar-refractivity contribution in [1.82, 2.24) is 15.5 Å². The molecule has 0 amide bonds. The predicted octanol–water partition coefficient (Wildman–Crippen LogP) is 2.46. The van der Waals surface area contributed by atoms with Gasteiger partial charge in [-0.2, -0.15) is 4.98 Å². The zero-order valence-electron chi connectivity index (χ0n) is 10.8. The Labute approximate surface area is 115 Å². The summed E-state index contributed by atoms with van der Waals surface area (Å²) in [5.41, 5.74) is 0.606. The monoisotopic (exact) mass is 274 g/mol. The van der Waals surface area contributed by atoms with Crippen LogP contribution >= 0.6 is 0 Å². The molecule has 7 nitrogen and oxygen atoms in total. The van der Waals surface area contributed by atoms with Crippen LogP contribution in [0.25, 0.3) is 11.4 Å². The molecule has 0 unspecified atom stereocenters. The number of nitrogens with zero attached hydrogens (tertiary/aromatic N) is 3. The van der Waals surface area contributed by atoms with E-state index in [2.05, 4.69) is 15.5 Å². The Morgan fingerprint density at radius 3 is 3.05 bits per heavy atom. The SMILES string of the molecule is O=[N+]([O-])c1cccc(-c2noc([C@@H]3CCCCN3)n2)c1. The average Bonchev–Trinajstić information content (AvgIpc) is 2.98. The Hall–Kier alpha value is -2.28. The first-order valence-corrected chi connectivity index (χ1v) is 6.56. The van der Waals surface area contributed by atoms with Crippen LogP contribution in [0.4, 0.5) is 5.69 Å². The van der Waals surface area contributed by atoms with Gasteiger partial charge >= 0.3 is 0 Å². The minimum absolute atomic E-state index is 0.0182. The van der Waals surface area contributed by atoms with Gasteiger partial charge in [-0.1, -0.05) is 23.7 Å². The Kier molecular flexibility index (Phi) is 3.42. The number of piperidine rings is 1. The number of nitro benzene ring substituents is 1. The molecule has 1 aromatic carbocycles. The van der Waals surface area contributed by atoms with Gasteiger partial charge in [0.25, 0.3) is 5.69 Å². The van der Waals surface area contributed by atoms with E-state index in [1.54, 1.807) is 12.1 Å². The van der Waals surface area contributed by atoms with Gasteiger partial charge in [-0.05, 0) is 19.4 Å². The molecule has 0 bridgehead atoms. The standard InChI is InChI=1S/C13H14N4O3/c18-17(19)10-5-3-4-9(8-10)12-15-13(20-16-12)11-6-1-2-7-14-11/h3-5,8,11,14H,1-2,6-7H2/t11-/m0/s1. The molecule has 1 atom stereocenters. The van der Waals surface area contributed by atoms with Crippen molar-refractivity contribution >= 4 is 5.69 Å². The zero-order valence-corrected chi connectivity index (χ0v) is 10.8. The highest BCUT2D eigenvalue weighted by Gasteiger charge is 2.21. The lowest BCUT2D eigenvalue weighted by molar-refractivity contribution is -0.384. The third-order valence-corrected chi connectivity index (χ3v) is 3.37. The van der Waals surface area contributed by atoms with Gasteiger partial charge in [-0.15, -0.1) is 0 Å². The van der Waals surface area contributed by atoms with Gasteiger partial charge in [0.15, 0.2) is 0 Å². The van der Waals surface area contributed by atoms with Gasteiger partial charge < -0.3 is 9.84 Å². The van der Waals surface area contributed by atoms with E-state index in [9.17, 15) is 10.1 Å². The number of nitrogens with one attached hydrogen (secondary N) is 1. The summed E-state index contributed by atoms with van der Waals surface area (Å²) in [6, 6.07) is 6.32. The second kappa shape index (κ2) is 5.38. The summed E-state index contributed by atoms with van der Waals surface area (Å²) in [5, 5.41) is 18.0. The second-order valence-electron chi connectivity index (χ2n) is 4.77. The highest BCUT2D eigenvalue weighted by atomic mass is 16.6. The first-order valence-electron chi connectivity index (χ1n) is 6.56. The molecule has 20 heavy (non-hydrogen) atoms. The van der Waals surface area contributed by atoms with E-state index < -0.39 is 4.92 Å². The topological polar surface area (TPSA) is 94.1 Å².